The Bertz CT molecular complexity index is 860. The Morgan fingerprint density at radius 3 is 1.90 bits per heavy atom. The van der Waals surface area contributed by atoms with Crippen LogP contribution in [0.1, 0.15) is 48.3 Å². The van der Waals surface area contributed by atoms with Gasteiger partial charge in [-0.1, -0.05) is 0 Å². The van der Waals surface area contributed by atoms with Crippen LogP contribution in [0.15, 0.2) is 24.3 Å². The summed E-state index contributed by atoms with van der Waals surface area (Å²) in [5, 5.41) is 0. The molecule has 0 spiro atoms. The minimum Gasteiger partial charge on any atom is -0.429 e. The summed E-state index contributed by atoms with van der Waals surface area (Å²) in [5.41, 5.74) is -1.68. The fourth-order valence-corrected chi connectivity index (χ4v) is 3.88. The highest BCUT2D eigenvalue weighted by Crippen LogP contribution is 2.40. The molecule has 0 radical (unpaired) electrons. The molecule has 0 atom stereocenters. The van der Waals surface area contributed by atoms with Crippen LogP contribution in [0.2, 0.25) is 0 Å². The molecule has 164 valence electrons. The van der Waals surface area contributed by atoms with Gasteiger partial charge in [0.1, 0.15) is 34.6 Å². The van der Waals surface area contributed by atoms with E-state index in [1.54, 1.807) is 7.11 Å². The first kappa shape index (κ1) is 22.5. The summed E-state index contributed by atoms with van der Waals surface area (Å²) in [7, 11) is 1.61. The zero-order chi connectivity index (χ0) is 22.1. The largest absolute Gasteiger partial charge is 0.432 e. The molecule has 0 saturated heterocycles. The number of alkyl halides is 2. The van der Waals surface area contributed by atoms with E-state index in [1.165, 1.54) is 0 Å². The molecular weight excluding hydrogens is 410 g/mol. The lowest BCUT2D eigenvalue weighted by atomic mass is 9.79. The summed E-state index contributed by atoms with van der Waals surface area (Å²) in [6.45, 7) is 1.73. The Labute approximate surface area is 170 Å². The molecule has 0 unspecified atom stereocenters. The van der Waals surface area contributed by atoms with E-state index >= 15 is 0 Å². The second kappa shape index (κ2) is 8.88. The predicted octanol–water partition coefficient (Wildman–Crippen LogP) is 6.60. The smallest absolute Gasteiger partial charge is 0.429 e. The first-order valence-electron chi connectivity index (χ1n) is 9.63. The van der Waals surface area contributed by atoms with Gasteiger partial charge in [-0.3, -0.25) is 0 Å². The summed E-state index contributed by atoms with van der Waals surface area (Å²) >= 11 is 0. The van der Waals surface area contributed by atoms with Gasteiger partial charge >= 0.3 is 6.11 Å². The topological polar surface area (TPSA) is 18.5 Å². The van der Waals surface area contributed by atoms with Crippen LogP contribution >= 0.6 is 0 Å². The van der Waals surface area contributed by atoms with Crippen LogP contribution in [0.5, 0.6) is 5.75 Å². The predicted molar refractivity (Wildman–Crippen MR) is 98.6 cm³/mol. The highest BCUT2D eigenvalue weighted by molar-refractivity contribution is 5.34. The first-order valence-corrected chi connectivity index (χ1v) is 9.63. The number of methoxy groups -OCH3 is 1. The molecular formula is C22H22F6O2. The third-order valence-electron chi connectivity index (χ3n) is 5.58. The zero-order valence-electron chi connectivity index (χ0n) is 16.6. The fraction of sp³-hybridized carbons (Fsp3) is 0.455. The monoisotopic (exact) mass is 432 g/mol. The van der Waals surface area contributed by atoms with E-state index in [9.17, 15) is 26.3 Å². The lowest BCUT2D eigenvalue weighted by Gasteiger charge is -2.29. The van der Waals surface area contributed by atoms with Gasteiger partial charge in [-0.15, -0.1) is 0 Å². The van der Waals surface area contributed by atoms with Crippen LogP contribution in [0, 0.1) is 36.1 Å². The first-order chi connectivity index (χ1) is 14.1. The van der Waals surface area contributed by atoms with Gasteiger partial charge in [0.2, 0.25) is 0 Å². The third kappa shape index (κ3) is 4.74. The Balaban J connectivity index is 1.82. The van der Waals surface area contributed by atoms with Crippen LogP contribution in [-0.2, 0) is 10.8 Å². The minimum absolute atomic E-state index is 0.147. The molecule has 2 aromatic rings. The van der Waals surface area contributed by atoms with Crippen LogP contribution < -0.4 is 4.74 Å². The molecule has 2 aromatic carbocycles. The van der Waals surface area contributed by atoms with Gasteiger partial charge in [0.05, 0.1) is 0 Å². The van der Waals surface area contributed by atoms with Crippen molar-refractivity contribution in [3.05, 3.63) is 64.2 Å². The van der Waals surface area contributed by atoms with Crippen molar-refractivity contribution in [2.24, 2.45) is 5.92 Å². The number of halogens is 6. The second-order valence-corrected chi connectivity index (χ2v) is 7.66. The quantitative estimate of drug-likeness (QED) is 0.479. The van der Waals surface area contributed by atoms with Gasteiger partial charge in [0.25, 0.3) is 0 Å². The van der Waals surface area contributed by atoms with Crippen LogP contribution in [0.3, 0.4) is 0 Å². The van der Waals surface area contributed by atoms with Gasteiger partial charge in [-0.05, 0) is 62.1 Å². The standard InChI is InChI=1S/C22H22F6O2/c1-12-17(23)9-16(10-18(12)24)30-22(27,28)21-19(25)7-15(8-20(21)26)14-5-3-13(4-6-14)11-29-2/h7-10,13-14H,3-6,11H2,1-2H3. The molecule has 0 bridgehead atoms. The van der Waals surface area contributed by atoms with E-state index in [1.807, 2.05) is 0 Å². The third-order valence-corrected chi connectivity index (χ3v) is 5.58. The molecule has 0 aromatic heterocycles. The van der Waals surface area contributed by atoms with Gasteiger partial charge < -0.3 is 9.47 Å². The molecule has 0 N–H and O–H groups in total. The van der Waals surface area contributed by atoms with E-state index in [4.69, 9.17) is 4.74 Å². The van der Waals surface area contributed by atoms with E-state index in [-0.39, 0.29) is 11.5 Å². The van der Waals surface area contributed by atoms with Gasteiger partial charge in [0, 0.05) is 31.4 Å². The van der Waals surface area contributed by atoms with E-state index in [2.05, 4.69) is 4.74 Å². The molecule has 2 nitrogen and oxygen atoms in total. The van der Waals surface area contributed by atoms with Gasteiger partial charge in [-0.25, -0.2) is 17.6 Å². The molecule has 8 heteroatoms. The lowest BCUT2D eigenvalue weighted by molar-refractivity contribution is -0.189. The SMILES string of the molecule is COCC1CCC(c2cc(F)c(C(F)(F)Oc3cc(F)c(C)c(F)c3)c(F)c2)CC1. The summed E-state index contributed by atoms with van der Waals surface area (Å²) in [4.78, 5) is 0. The maximum Gasteiger partial charge on any atom is 0.432 e. The van der Waals surface area contributed by atoms with Crippen molar-refractivity contribution >= 4 is 0 Å². The Hall–Kier alpha value is -2.22. The van der Waals surface area contributed by atoms with Gasteiger partial charge in [0.15, 0.2) is 0 Å². The zero-order valence-corrected chi connectivity index (χ0v) is 16.6. The molecule has 1 aliphatic rings. The highest BCUT2D eigenvalue weighted by atomic mass is 19.3. The summed E-state index contributed by atoms with van der Waals surface area (Å²) < 4.78 is 94.6. The minimum atomic E-state index is -4.46. The Morgan fingerprint density at radius 2 is 1.40 bits per heavy atom. The van der Waals surface area contributed by atoms with Crippen LogP contribution in [0.25, 0.3) is 0 Å². The van der Waals surface area contributed by atoms with Crippen molar-refractivity contribution in [1.29, 1.82) is 0 Å². The van der Waals surface area contributed by atoms with Crippen molar-refractivity contribution in [1.82, 2.24) is 0 Å². The van der Waals surface area contributed by atoms with E-state index in [0.29, 0.717) is 43.1 Å². The fourth-order valence-electron chi connectivity index (χ4n) is 3.88. The van der Waals surface area contributed by atoms with Crippen molar-refractivity contribution in [2.45, 2.75) is 44.6 Å². The molecule has 0 aliphatic heterocycles. The van der Waals surface area contributed by atoms with Crippen molar-refractivity contribution in [2.75, 3.05) is 13.7 Å². The number of ether oxygens (including phenoxy) is 2. The highest BCUT2D eigenvalue weighted by Gasteiger charge is 2.42. The molecule has 30 heavy (non-hydrogen) atoms. The van der Waals surface area contributed by atoms with Crippen molar-refractivity contribution < 1.29 is 35.8 Å². The van der Waals surface area contributed by atoms with Crippen LogP contribution in [-0.4, -0.2) is 13.7 Å². The second-order valence-electron chi connectivity index (χ2n) is 7.66. The Kier molecular flexibility index (Phi) is 6.65. The number of hydrogen-bond donors (Lipinski definition) is 0. The molecule has 0 heterocycles. The van der Waals surface area contributed by atoms with E-state index in [0.717, 1.165) is 31.9 Å². The molecule has 1 fully saturated rings. The molecule has 3 rings (SSSR count). The number of benzene rings is 2. The van der Waals surface area contributed by atoms with Crippen LogP contribution in [0.4, 0.5) is 26.3 Å². The van der Waals surface area contributed by atoms with Crippen molar-refractivity contribution in [3.8, 4) is 5.75 Å². The lowest BCUT2D eigenvalue weighted by Crippen LogP contribution is -2.26. The van der Waals surface area contributed by atoms with E-state index < -0.39 is 40.7 Å². The Morgan fingerprint density at radius 1 is 0.867 bits per heavy atom. The molecule has 1 saturated carbocycles. The normalized spacial score (nSPS) is 19.7. The number of hydrogen-bond acceptors (Lipinski definition) is 2. The van der Waals surface area contributed by atoms with Crippen molar-refractivity contribution in [3.63, 3.8) is 0 Å². The average Bonchev–Trinajstić information content (AvgIpc) is 2.65. The summed E-state index contributed by atoms with van der Waals surface area (Å²) in [6, 6.07) is 2.84. The summed E-state index contributed by atoms with van der Waals surface area (Å²) in [5.74, 6) is -5.81. The molecule has 0 amide bonds. The summed E-state index contributed by atoms with van der Waals surface area (Å²) in [6.07, 6.45) is -1.50. The van der Waals surface area contributed by atoms with Gasteiger partial charge in [-0.2, -0.15) is 8.78 Å². The maximum atomic E-state index is 14.5. The maximum absolute atomic E-state index is 14.5. The number of rotatable bonds is 6. The average molecular weight is 432 g/mol. The molecule has 1 aliphatic carbocycles.